The molecule has 0 saturated heterocycles. The van der Waals surface area contributed by atoms with Crippen molar-refractivity contribution >= 4 is 5.91 Å². The summed E-state index contributed by atoms with van der Waals surface area (Å²) in [4.78, 5) is 15.9. The Kier molecular flexibility index (Phi) is 2.84. The maximum atomic E-state index is 11.9. The van der Waals surface area contributed by atoms with E-state index in [1.165, 1.54) is 30.4 Å². The number of aryl methyl sites for hydroxylation is 1. The van der Waals surface area contributed by atoms with Gasteiger partial charge in [-0.2, -0.15) is 0 Å². The molecule has 108 valence electrons. The van der Waals surface area contributed by atoms with E-state index < -0.39 is 0 Å². The minimum absolute atomic E-state index is 0.0707. The van der Waals surface area contributed by atoms with Gasteiger partial charge in [0, 0.05) is 24.4 Å². The van der Waals surface area contributed by atoms with Crippen LogP contribution in [0.15, 0.2) is 43.0 Å². The van der Waals surface area contributed by atoms with Crippen LogP contribution < -0.4 is 5.32 Å². The summed E-state index contributed by atoms with van der Waals surface area (Å²) in [5.74, 6) is 0.675. The molecule has 2 aliphatic carbocycles. The van der Waals surface area contributed by atoms with Gasteiger partial charge in [0.2, 0.25) is 5.91 Å². The summed E-state index contributed by atoms with van der Waals surface area (Å²) in [5.41, 5.74) is 3.39. The molecule has 1 heterocycles. The summed E-state index contributed by atoms with van der Waals surface area (Å²) in [7, 11) is 0. The molecule has 21 heavy (non-hydrogen) atoms. The first-order valence-electron chi connectivity index (χ1n) is 7.59. The van der Waals surface area contributed by atoms with E-state index in [0.717, 1.165) is 6.54 Å². The normalized spacial score (nSPS) is 25.8. The second-order valence-electron chi connectivity index (χ2n) is 6.25. The Hall–Kier alpha value is -2.10. The Bertz CT molecular complexity index is 664. The van der Waals surface area contributed by atoms with E-state index in [0.29, 0.717) is 17.9 Å². The van der Waals surface area contributed by atoms with Crippen molar-refractivity contribution in [2.45, 2.75) is 31.2 Å². The number of amides is 1. The van der Waals surface area contributed by atoms with E-state index in [2.05, 4.69) is 34.6 Å². The SMILES string of the molecule is O=C(Cn1ccnc1)NC[C@@H]1C[C@@]12CCc1ccccc12. The van der Waals surface area contributed by atoms with Crippen LogP contribution in [0.3, 0.4) is 0 Å². The highest BCUT2D eigenvalue weighted by Gasteiger charge is 2.57. The van der Waals surface area contributed by atoms with Crippen molar-refractivity contribution in [3.8, 4) is 0 Å². The lowest BCUT2D eigenvalue weighted by molar-refractivity contribution is -0.121. The van der Waals surface area contributed by atoms with Crippen LogP contribution in [0.1, 0.15) is 24.0 Å². The third-order valence-corrected chi connectivity index (χ3v) is 5.06. The minimum atomic E-state index is 0.0707. The lowest BCUT2D eigenvalue weighted by Crippen LogP contribution is -2.30. The van der Waals surface area contributed by atoms with Crippen LogP contribution in [0.4, 0.5) is 0 Å². The fraction of sp³-hybridized carbons (Fsp3) is 0.412. The van der Waals surface area contributed by atoms with E-state index in [4.69, 9.17) is 0 Å². The lowest BCUT2D eigenvalue weighted by atomic mass is 9.95. The van der Waals surface area contributed by atoms with Gasteiger partial charge in [-0.3, -0.25) is 4.79 Å². The smallest absolute Gasteiger partial charge is 0.239 e. The Balaban J connectivity index is 1.35. The van der Waals surface area contributed by atoms with E-state index in [1.54, 1.807) is 17.1 Å². The molecule has 1 saturated carbocycles. The molecule has 1 fully saturated rings. The predicted molar refractivity (Wildman–Crippen MR) is 79.8 cm³/mol. The Morgan fingerprint density at radius 2 is 2.33 bits per heavy atom. The van der Waals surface area contributed by atoms with Crippen molar-refractivity contribution in [2.75, 3.05) is 6.54 Å². The van der Waals surface area contributed by atoms with Crippen LogP contribution in [0, 0.1) is 5.92 Å². The summed E-state index contributed by atoms with van der Waals surface area (Å²) in [5, 5.41) is 3.08. The van der Waals surface area contributed by atoms with Gasteiger partial charge in [0.25, 0.3) is 0 Å². The quantitative estimate of drug-likeness (QED) is 0.930. The largest absolute Gasteiger partial charge is 0.354 e. The number of nitrogens with one attached hydrogen (secondary N) is 1. The summed E-state index contributed by atoms with van der Waals surface area (Å²) < 4.78 is 1.79. The number of fused-ring (bicyclic) bond motifs is 2. The van der Waals surface area contributed by atoms with Crippen molar-refractivity contribution < 1.29 is 4.79 Å². The molecule has 1 amide bonds. The molecular formula is C17H19N3O. The van der Waals surface area contributed by atoms with Crippen molar-refractivity contribution in [3.05, 3.63) is 54.1 Å². The average Bonchev–Trinajstić information content (AvgIpc) is 2.83. The number of rotatable bonds is 4. The molecule has 4 rings (SSSR count). The molecule has 1 N–H and O–H groups in total. The zero-order valence-electron chi connectivity index (χ0n) is 12.0. The zero-order chi connectivity index (χ0) is 14.3. The van der Waals surface area contributed by atoms with Crippen molar-refractivity contribution in [1.82, 2.24) is 14.9 Å². The van der Waals surface area contributed by atoms with Crippen LogP contribution in [0.5, 0.6) is 0 Å². The average molecular weight is 281 g/mol. The highest BCUT2D eigenvalue weighted by Crippen LogP contribution is 2.61. The van der Waals surface area contributed by atoms with Gasteiger partial charge in [0.05, 0.1) is 6.33 Å². The molecule has 2 aliphatic rings. The van der Waals surface area contributed by atoms with Gasteiger partial charge in [0.15, 0.2) is 0 Å². The number of imidazole rings is 1. The Morgan fingerprint density at radius 1 is 1.43 bits per heavy atom. The standard InChI is InChI=1S/C17H19N3O/c21-16(11-20-8-7-18-12-20)19-10-14-9-17(14)6-5-13-3-1-2-4-15(13)17/h1-4,7-8,12,14H,5-6,9-11H2,(H,19,21)/t14-,17-/m0/s1. The number of hydrogen-bond acceptors (Lipinski definition) is 2. The molecule has 0 radical (unpaired) electrons. The highest BCUT2D eigenvalue weighted by molar-refractivity contribution is 5.75. The third kappa shape index (κ3) is 2.15. The van der Waals surface area contributed by atoms with E-state index in [-0.39, 0.29) is 5.91 Å². The van der Waals surface area contributed by atoms with Gasteiger partial charge in [-0.1, -0.05) is 24.3 Å². The molecule has 2 aromatic rings. The van der Waals surface area contributed by atoms with Gasteiger partial charge in [0.1, 0.15) is 6.54 Å². The maximum Gasteiger partial charge on any atom is 0.239 e. The van der Waals surface area contributed by atoms with Gasteiger partial charge in [-0.15, -0.1) is 0 Å². The molecule has 0 unspecified atom stereocenters. The molecule has 1 aromatic heterocycles. The van der Waals surface area contributed by atoms with Crippen molar-refractivity contribution in [3.63, 3.8) is 0 Å². The van der Waals surface area contributed by atoms with E-state index in [9.17, 15) is 4.79 Å². The van der Waals surface area contributed by atoms with Crippen LogP contribution in [-0.2, 0) is 23.2 Å². The third-order valence-electron chi connectivity index (χ3n) is 5.06. The first-order valence-corrected chi connectivity index (χ1v) is 7.59. The summed E-state index contributed by atoms with van der Waals surface area (Å²) >= 11 is 0. The summed E-state index contributed by atoms with van der Waals surface area (Å²) in [6.07, 6.45) is 8.83. The minimum Gasteiger partial charge on any atom is -0.354 e. The molecule has 4 nitrogen and oxygen atoms in total. The molecular weight excluding hydrogens is 262 g/mol. The molecule has 4 heteroatoms. The molecule has 0 aliphatic heterocycles. The Labute approximate surface area is 124 Å². The topological polar surface area (TPSA) is 46.9 Å². The second-order valence-corrected chi connectivity index (χ2v) is 6.25. The zero-order valence-corrected chi connectivity index (χ0v) is 12.0. The Morgan fingerprint density at radius 3 is 3.19 bits per heavy atom. The number of hydrogen-bond donors (Lipinski definition) is 1. The number of carbonyl (C=O) groups excluding carboxylic acids is 1. The van der Waals surface area contributed by atoms with Gasteiger partial charge in [-0.25, -0.2) is 4.98 Å². The second kappa shape index (κ2) is 4.72. The van der Waals surface area contributed by atoms with Gasteiger partial charge in [-0.05, 0) is 36.3 Å². The molecule has 2 atom stereocenters. The lowest BCUT2D eigenvalue weighted by Gasteiger charge is -2.12. The van der Waals surface area contributed by atoms with Crippen LogP contribution >= 0.6 is 0 Å². The van der Waals surface area contributed by atoms with Crippen molar-refractivity contribution in [2.24, 2.45) is 5.92 Å². The fourth-order valence-corrected chi connectivity index (χ4v) is 3.84. The number of carbonyl (C=O) groups is 1. The van der Waals surface area contributed by atoms with Gasteiger partial charge < -0.3 is 9.88 Å². The fourth-order valence-electron chi connectivity index (χ4n) is 3.84. The van der Waals surface area contributed by atoms with Crippen molar-refractivity contribution in [1.29, 1.82) is 0 Å². The van der Waals surface area contributed by atoms with Crippen LogP contribution in [0.25, 0.3) is 0 Å². The maximum absolute atomic E-state index is 11.9. The van der Waals surface area contributed by atoms with Crippen LogP contribution in [0.2, 0.25) is 0 Å². The first kappa shape index (κ1) is 12.6. The molecule has 1 spiro atoms. The number of nitrogens with zero attached hydrogens (tertiary/aromatic N) is 2. The number of benzene rings is 1. The van der Waals surface area contributed by atoms with Gasteiger partial charge >= 0.3 is 0 Å². The molecule has 1 aromatic carbocycles. The first-order chi connectivity index (χ1) is 10.3. The van der Waals surface area contributed by atoms with E-state index in [1.807, 2.05) is 6.20 Å². The number of aromatic nitrogens is 2. The molecule has 0 bridgehead atoms. The monoisotopic (exact) mass is 281 g/mol. The van der Waals surface area contributed by atoms with E-state index >= 15 is 0 Å². The summed E-state index contributed by atoms with van der Waals surface area (Å²) in [6, 6.07) is 8.79. The predicted octanol–water partition coefficient (Wildman–Crippen LogP) is 1.90. The summed E-state index contributed by atoms with van der Waals surface area (Å²) in [6.45, 7) is 1.15. The highest BCUT2D eigenvalue weighted by atomic mass is 16.1. The van der Waals surface area contributed by atoms with Crippen LogP contribution in [-0.4, -0.2) is 22.0 Å².